The first-order valence-corrected chi connectivity index (χ1v) is 13.7. The molecule has 3 heteroatoms. The van der Waals surface area contributed by atoms with Crippen molar-refractivity contribution in [1.29, 1.82) is 0 Å². The normalized spacial score (nSPS) is 11.5. The summed E-state index contributed by atoms with van der Waals surface area (Å²) in [5.41, 5.74) is 1.60. The number of unbranched alkanes of at least 4 members (excludes halogenated alkanes) is 12. The van der Waals surface area contributed by atoms with Crippen molar-refractivity contribution in [2.24, 2.45) is 0 Å². The fraction of sp³-hybridized carbons (Fsp3) is 0.733. The van der Waals surface area contributed by atoms with Gasteiger partial charge in [-0.05, 0) is 36.0 Å². The average molecular weight is 459 g/mol. The van der Waals surface area contributed by atoms with Crippen LogP contribution in [0.2, 0.25) is 0 Å². The summed E-state index contributed by atoms with van der Waals surface area (Å²) in [6.45, 7) is 10.9. The molecule has 0 heterocycles. The minimum atomic E-state index is -0.225. The Hall–Kier alpha value is -1.64. The van der Waals surface area contributed by atoms with Gasteiger partial charge in [-0.3, -0.25) is 9.59 Å². The topological polar surface area (TPSA) is 43.4 Å². The van der Waals surface area contributed by atoms with Gasteiger partial charge in [-0.15, -0.1) is 0 Å². The summed E-state index contributed by atoms with van der Waals surface area (Å²) in [6.07, 6.45) is 17.4. The molecule has 0 amide bonds. The molecular weight excluding hydrogens is 408 g/mol. The van der Waals surface area contributed by atoms with E-state index in [1.807, 2.05) is 18.2 Å². The molecule has 0 aliphatic heterocycles. The molecule has 0 fully saturated rings. The Balaban J connectivity index is 2.63. The van der Waals surface area contributed by atoms with Gasteiger partial charge in [0.1, 0.15) is 5.75 Å². The second kappa shape index (κ2) is 16.9. The molecule has 1 aromatic rings. The van der Waals surface area contributed by atoms with Gasteiger partial charge >= 0.3 is 5.97 Å². The van der Waals surface area contributed by atoms with E-state index in [2.05, 4.69) is 34.6 Å². The van der Waals surface area contributed by atoms with Crippen molar-refractivity contribution in [3.05, 3.63) is 29.3 Å². The van der Waals surface area contributed by atoms with E-state index in [0.29, 0.717) is 24.2 Å². The van der Waals surface area contributed by atoms with E-state index in [1.165, 1.54) is 64.2 Å². The molecule has 0 spiro atoms. The van der Waals surface area contributed by atoms with E-state index in [-0.39, 0.29) is 17.2 Å². The van der Waals surface area contributed by atoms with E-state index >= 15 is 0 Å². The van der Waals surface area contributed by atoms with E-state index in [1.54, 1.807) is 0 Å². The van der Waals surface area contributed by atoms with Gasteiger partial charge in [-0.2, -0.15) is 0 Å². The van der Waals surface area contributed by atoms with Gasteiger partial charge in [-0.25, -0.2) is 0 Å². The maximum atomic E-state index is 13.1. The standard InChI is InChI=1S/C30H50O3/c1-6-8-10-12-14-16-18-20-27(31)26-24-25(30(3,4)5)22-23-28(26)33-29(32)21-19-17-15-13-11-9-7-2/h22-24H,6-21H2,1-5H3. The number of hydrogen-bond donors (Lipinski definition) is 0. The highest BCUT2D eigenvalue weighted by atomic mass is 16.5. The van der Waals surface area contributed by atoms with Crippen molar-refractivity contribution in [2.45, 2.75) is 143 Å². The Kier molecular flexibility index (Phi) is 15.0. The third kappa shape index (κ3) is 13.0. The number of carbonyl (C=O) groups excluding carboxylic acids is 2. The van der Waals surface area contributed by atoms with Crippen LogP contribution in [0.4, 0.5) is 0 Å². The largest absolute Gasteiger partial charge is 0.426 e. The summed E-state index contributed by atoms with van der Waals surface area (Å²) in [4.78, 5) is 25.5. The van der Waals surface area contributed by atoms with Gasteiger partial charge in [0.2, 0.25) is 0 Å². The molecule has 3 nitrogen and oxygen atoms in total. The lowest BCUT2D eigenvalue weighted by Crippen LogP contribution is -2.15. The molecule has 0 radical (unpaired) electrons. The predicted octanol–water partition coefficient (Wildman–Crippen LogP) is 9.35. The highest BCUT2D eigenvalue weighted by molar-refractivity contribution is 5.99. The first-order valence-electron chi connectivity index (χ1n) is 13.7. The molecule has 0 saturated carbocycles. The fourth-order valence-corrected chi connectivity index (χ4v) is 4.08. The van der Waals surface area contributed by atoms with Crippen molar-refractivity contribution in [1.82, 2.24) is 0 Å². The minimum Gasteiger partial charge on any atom is -0.426 e. The van der Waals surface area contributed by atoms with E-state index < -0.39 is 0 Å². The number of carbonyl (C=O) groups is 2. The predicted molar refractivity (Wildman–Crippen MR) is 140 cm³/mol. The Bertz CT molecular complexity index is 684. The fourth-order valence-electron chi connectivity index (χ4n) is 4.08. The molecule has 0 aromatic heterocycles. The van der Waals surface area contributed by atoms with Crippen LogP contribution in [-0.2, 0) is 10.2 Å². The number of benzene rings is 1. The SMILES string of the molecule is CCCCCCCCCC(=O)Oc1ccc(C(C)(C)C)cc1C(=O)CCCCCCCCC. The zero-order valence-corrected chi connectivity index (χ0v) is 22.3. The number of esters is 1. The Labute approximate surface area is 204 Å². The minimum absolute atomic E-state index is 0.0609. The molecule has 188 valence electrons. The molecule has 0 atom stereocenters. The summed E-state index contributed by atoms with van der Waals surface area (Å²) < 4.78 is 5.69. The van der Waals surface area contributed by atoms with Crippen molar-refractivity contribution in [2.75, 3.05) is 0 Å². The quantitative estimate of drug-likeness (QED) is 0.0952. The van der Waals surface area contributed by atoms with Crippen LogP contribution in [0, 0.1) is 0 Å². The van der Waals surface area contributed by atoms with E-state index in [0.717, 1.165) is 31.2 Å². The first kappa shape index (κ1) is 29.4. The Morgan fingerprint density at radius 3 is 1.70 bits per heavy atom. The van der Waals surface area contributed by atoms with Crippen LogP contribution in [0.5, 0.6) is 5.75 Å². The maximum Gasteiger partial charge on any atom is 0.311 e. The molecule has 0 N–H and O–H groups in total. The van der Waals surface area contributed by atoms with Crippen LogP contribution in [0.25, 0.3) is 0 Å². The highest BCUT2D eigenvalue weighted by Gasteiger charge is 2.20. The third-order valence-corrected chi connectivity index (χ3v) is 6.36. The molecule has 0 aliphatic carbocycles. The van der Waals surface area contributed by atoms with Crippen molar-refractivity contribution < 1.29 is 14.3 Å². The lowest BCUT2D eigenvalue weighted by atomic mass is 9.85. The number of rotatable bonds is 18. The zero-order chi connectivity index (χ0) is 24.5. The number of ketones is 1. The highest BCUT2D eigenvalue weighted by Crippen LogP contribution is 2.30. The molecule has 1 aromatic carbocycles. The summed E-state index contributed by atoms with van der Waals surface area (Å²) in [5, 5.41) is 0. The van der Waals surface area contributed by atoms with Gasteiger partial charge in [-0.1, -0.05) is 118 Å². The molecule has 0 unspecified atom stereocenters. The lowest BCUT2D eigenvalue weighted by Gasteiger charge is -2.21. The van der Waals surface area contributed by atoms with Crippen molar-refractivity contribution in [3.8, 4) is 5.75 Å². The van der Waals surface area contributed by atoms with Gasteiger partial charge < -0.3 is 4.74 Å². The second-order valence-corrected chi connectivity index (χ2v) is 10.6. The monoisotopic (exact) mass is 458 g/mol. The maximum absolute atomic E-state index is 13.1. The third-order valence-electron chi connectivity index (χ3n) is 6.36. The van der Waals surface area contributed by atoms with Gasteiger partial charge in [0.05, 0.1) is 5.56 Å². The van der Waals surface area contributed by atoms with Crippen molar-refractivity contribution in [3.63, 3.8) is 0 Å². The molecule has 0 bridgehead atoms. The Morgan fingerprint density at radius 2 is 1.18 bits per heavy atom. The first-order chi connectivity index (χ1) is 15.8. The van der Waals surface area contributed by atoms with Crippen LogP contribution in [0.1, 0.15) is 153 Å². The molecule has 33 heavy (non-hydrogen) atoms. The summed E-state index contributed by atoms with van der Waals surface area (Å²) in [7, 11) is 0. The van der Waals surface area contributed by atoms with Crippen LogP contribution in [-0.4, -0.2) is 11.8 Å². The summed E-state index contributed by atoms with van der Waals surface area (Å²) in [5.74, 6) is 0.300. The summed E-state index contributed by atoms with van der Waals surface area (Å²) in [6, 6.07) is 5.75. The number of ether oxygens (including phenoxy) is 1. The van der Waals surface area contributed by atoms with Crippen LogP contribution in [0.3, 0.4) is 0 Å². The van der Waals surface area contributed by atoms with Crippen LogP contribution in [0.15, 0.2) is 18.2 Å². The van der Waals surface area contributed by atoms with E-state index in [4.69, 9.17) is 4.74 Å². The van der Waals surface area contributed by atoms with E-state index in [9.17, 15) is 9.59 Å². The molecule has 1 rings (SSSR count). The smallest absolute Gasteiger partial charge is 0.311 e. The van der Waals surface area contributed by atoms with Crippen LogP contribution >= 0.6 is 0 Å². The molecular formula is C30H50O3. The average Bonchev–Trinajstić information content (AvgIpc) is 2.77. The van der Waals surface area contributed by atoms with Gasteiger partial charge in [0.15, 0.2) is 5.78 Å². The number of Topliss-reactive ketones (excluding diaryl/α,β-unsaturated/α-hetero) is 1. The number of hydrogen-bond acceptors (Lipinski definition) is 3. The second-order valence-electron chi connectivity index (χ2n) is 10.6. The van der Waals surface area contributed by atoms with Crippen molar-refractivity contribution >= 4 is 11.8 Å². The zero-order valence-electron chi connectivity index (χ0n) is 22.3. The van der Waals surface area contributed by atoms with Gasteiger partial charge in [0, 0.05) is 12.8 Å². The molecule has 0 saturated heterocycles. The molecule has 0 aliphatic rings. The summed E-state index contributed by atoms with van der Waals surface area (Å²) >= 11 is 0. The lowest BCUT2D eigenvalue weighted by molar-refractivity contribution is -0.134. The van der Waals surface area contributed by atoms with Gasteiger partial charge in [0.25, 0.3) is 0 Å². The van der Waals surface area contributed by atoms with Crippen LogP contribution < -0.4 is 4.74 Å². The Morgan fingerprint density at radius 1 is 0.697 bits per heavy atom.